The molecule has 0 aromatic heterocycles. The van der Waals surface area contributed by atoms with Crippen molar-refractivity contribution in [2.75, 3.05) is 32.1 Å². The highest BCUT2D eigenvalue weighted by Crippen LogP contribution is 2.10. The van der Waals surface area contributed by atoms with E-state index in [2.05, 4.69) is 18.7 Å². The van der Waals surface area contributed by atoms with Gasteiger partial charge in [-0.25, -0.2) is 0 Å². The molecule has 14 heavy (non-hydrogen) atoms. The molecule has 0 aliphatic carbocycles. The van der Waals surface area contributed by atoms with Crippen molar-refractivity contribution in [3.05, 3.63) is 0 Å². The van der Waals surface area contributed by atoms with Gasteiger partial charge in [-0.2, -0.15) is 0 Å². The number of hydrogen-bond acceptors (Lipinski definition) is 2. The van der Waals surface area contributed by atoms with Gasteiger partial charge >= 0.3 is 0 Å². The number of carbonyl (C=O) groups excluding carboxylic acids is 1. The summed E-state index contributed by atoms with van der Waals surface area (Å²) in [6, 6.07) is 0.480. The molecule has 1 saturated heterocycles. The second kappa shape index (κ2) is 5.56. The van der Waals surface area contributed by atoms with Crippen molar-refractivity contribution in [1.29, 1.82) is 0 Å². The lowest BCUT2D eigenvalue weighted by Crippen LogP contribution is -2.53. The van der Waals surface area contributed by atoms with Gasteiger partial charge in [0, 0.05) is 38.0 Å². The van der Waals surface area contributed by atoms with E-state index in [9.17, 15) is 4.79 Å². The van der Waals surface area contributed by atoms with Crippen molar-refractivity contribution < 1.29 is 4.79 Å². The second-order valence-corrected chi connectivity index (χ2v) is 4.13. The van der Waals surface area contributed by atoms with Gasteiger partial charge in [0.1, 0.15) is 0 Å². The van der Waals surface area contributed by atoms with Crippen molar-refractivity contribution >= 4 is 17.5 Å². The maximum Gasteiger partial charge on any atom is 0.223 e. The van der Waals surface area contributed by atoms with Gasteiger partial charge in [-0.3, -0.25) is 9.69 Å². The number of rotatable bonds is 3. The maximum absolute atomic E-state index is 11.6. The van der Waals surface area contributed by atoms with E-state index in [1.807, 2.05) is 4.90 Å². The summed E-state index contributed by atoms with van der Waals surface area (Å²) in [5.74, 6) is 0.629. The van der Waals surface area contributed by atoms with Crippen molar-refractivity contribution in [3.8, 4) is 0 Å². The first-order chi connectivity index (χ1) is 6.69. The van der Waals surface area contributed by atoms with Gasteiger partial charge < -0.3 is 4.90 Å². The zero-order valence-electron chi connectivity index (χ0n) is 9.00. The average Bonchev–Trinajstić information content (AvgIpc) is 2.18. The van der Waals surface area contributed by atoms with E-state index >= 15 is 0 Å². The fourth-order valence-corrected chi connectivity index (χ4v) is 2.09. The van der Waals surface area contributed by atoms with Gasteiger partial charge in [0.05, 0.1) is 0 Å². The molecule has 0 bridgehead atoms. The van der Waals surface area contributed by atoms with Gasteiger partial charge in [-0.1, -0.05) is 6.92 Å². The lowest BCUT2D eigenvalue weighted by Gasteiger charge is -2.39. The Morgan fingerprint density at radius 3 is 2.71 bits per heavy atom. The zero-order valence-corrected chi connectivity index (χ0v) is 9.76. The van der Waals surface area contributed by atoms with E-state index in [4.69, 9.17) is 11.6 Å². The van der Waals surface area contributed by atoms with Crippen LogP contribution in [0.25, 0.3) is 0 Å². The Balaban J connectivity index is 2.41. The minimum atomic E-state index is 0.197. The van der Waals surface area contributed by atoms with Gasteiger partial charge in [0.2, 0.25) is 5.91 Å². The van der Waals surface area contributed by atoms with Gasteiger partial charge in [0.15, 0.2) is 0 Å². The van der Waals surface area contributed by atoms with Crippen LogP contribution >= 0.6 is 11.6 Å². The average molecular weight is 219 g/mol. The van der Waals surface area contributed by atoms with Crippen molar-refractivity contribution in [2.45, 2.75) is 26.3 Å². The number of likely N-dealkylation sites (N-methyl/N-ethyl adjacent to an activating group) is 1. The van der Waals surface area contributed by atoms with Crippen LogP contribution in [0.5, 0.6) is 0 Å². The lowest BCUT2D eigenvalue weighted by atomic mass is 10.2. The largest absolute Gasteiger partial charge is 0.340 e. The molecule has 3 nitrogen and oxygen atoms in total. The fraction of sp³-hybridized carbons (Fsp3) is 0.900. The van der Waals surface area contributed by atoms with Crippen LogP contribution in [-0.2, 0) is 4.79 Å². The molecule has 1 unspecified atom stereocenters. The molecule has 0 spiro atoms. The third-order valence-corrected chi connectivity index (χ3v) is 3.02. The van der Waals surface area contributed by atoms with Crippen LogP contribution in [0.1, 0.15) is 20.3 Å². The maximum atomic E-state index is 11.6. The number of piperazine rings is 1. The molecular formula is C10H19ClN2O. The highest BCUT2D eigenvalue weighted by Gasteiger charge is 2.24. The highest BCUT2D eigenvalue weighted by atomic mass is 35.5. The monoisotopic (exact) mass is 218 g/mol. The molecule has 1 aliphatic rings. The Morgan fingerprint density at radius 2 is 2.21 bits per heavy atom. The van der Waals surface area contributed by atoms with Crippen LogP contribution in [0.2, 0.25) is 0 Å². The van der Waals surface area contributed by atoms with E-state index in [0.717, 1.165) is 26.2 Å². The number of nitrogens with zero attached hydrogens (tertiary/aromatic N) is 2. The Labute approximate surface area is 91.0 Å². The molecule has 1 heterocycles. The molecular weight excluding hydrogens is 200 g/mol. The summed E-state index contributed by atoms with van der Waals surface area (Å²) in [6.07, 6.45) is 0.473. The van der Waals surface area contributed by atoms with Crippen LogP contribution < -0.4 is 0 Å². The summed E-state index contributed by atoms with van der Waals surface area (Å²) in [5.41, 5.74) is 0. The summed E-state index contributed by atoms with van der Waals surface area (Å²) in [7, 11) is 0. The first-order valence-corrected chi connectivity index (χ1v) is 5.80. The van der Waals surface area contributed by atoms with E-state index in [0.29, 0.717) is 18.3 Å². The summed E-state index contributed by atoms with van der Waals surface area (Å²) in [5, 5.41) is 0. The summed E-state index contributed by atoms with van der Waals surface area (Å²) < 4.78 is 0. The van der Waals surface area contributed by atoms with E-state index in [1.54, 1.807) is 0 Å². The minimum Gasteiger partial charge on any atom is -0.340 e. The molecule has 1 atom stereocenters. The number of alkyl halides is 1. The molecule has 0 radical (unpaired) electrons. The molecule has 1 aliphatic heterocycles. The van der Waals surface area contributed by atoms with E-state index in [1.165, 1.54) is 0 Å². The summed E-state index contributed by atoms with van der Waals surface area (Å²) >= 11 is 5.55. The molecule has 0 N–H and O–H groups in total. The minimum absolute atomic E-state index is 0.197. The third-order valence-electron chi connectivity index (χ3n) is 2.83. The zero-order chi connectivity index (χ0) is 10.6. The van der Waals surface area contributed by atoms with Crippen LogP contribution in [0.3, 0.4) is 0 Å². The Morgan fingerprint density at radius 1 is 1.50 bits per heavy atom. The third kappa shape index (κ3) is 2.85. The van der Waals surface area contributed by atoms with E-state index < -0.39 is 0 Å². The number of hydrogen-bond donors (Lipinski definition) is 0. The van der Waals surface area contributed by atoms with Gasteiger partial charge in [-0.15, -0.1) is 11.6 Å². The van der Waals surface area contributed by atoms with Crippen LogP contribution in [-0.4, -0.2) is 53.8 Å². The normalized spacial score (nSPS) is 23.9. The predicted molar refractivity (Wildman–Crippen MR) is 58.6 cm³/mol. The van der Waals surface area contributed by atoms with Crippen molar-refractivity contribution in [2.24, 2.45) is 0 Å². The van der Waals surface area contributed by atoms with Gasteiger partial charge in [0.25, 0.3) is 0 Å². The molecule has 4 heteroatoms. The van der Waals surface area contributed by atoms with Gasteiger partial charge in [-0.05, 0) is 13.5 Å². The first-order valence-electron chi connectivity index (χ1n) is 5.26. The second-order valence-electron chi connectivity index (χ2n) is 3.76. The van der Waals surface area contributed by atoms with Crippen LogP contribution in [0, 0.1) is 0 Å². The highest BCUT2D eigenvalue weighted by molar-refractivity contribution is 6.18. The lowest BCUT2D eigenvalue weighted by molar-refractivity contribution is -0.133. The number of amides is 1. The first kappa shape index (κ1) is 11.8. The fourth-order valence-electron chi connectivity index (χ4n) is 1.93. The molecule has 1 amide bonds. The summed E-state index contributed by atoms with van der Waals surface area (Å²) in [6.45, 7) is 8.10. The summed E-state index contributed by atoms with van der Waals surface area (Å²) in [4.78, 5) is 15.9. The molecule has 0 aromatic rings. The van der Waals surface area contributed by atoms with Crippen LogP contribution in [0.15, 0.2) is 0 Å². The van der Waals surface area contributed by atoms with Crippen molar-refractivity contribution in [1.82, 2.24) is 9.80 Å². The number of carbonyl (C=O) groups is 1. The Kier molecular flexibility index (Phi) is 4.69. The molecule has 0 saturated carbocycles. The topological polar surface area (TPSA) is 23.6 Å². The molecule has 82 valence electrons. The molecule has 1 rings (SSSR count). The Bertz CT molecular complexity index is 199. The molecule has 0 aromatic carbocycles. The smallest absolute Gasteiger partial charge is 0.223 e. The predicted octanol–water partition coefficient (Wildman–Crippen LogP) is 1.17. The van der Waals surface area contributed by atoms with Crippen LogP contribution in [0.4, 0.5) is 0 Å². The van der Waals surface area contributed by atoms with Crippen molar-refractivity contribution in [3.63, 3.8) is 0 Å². The SMILES string of the molecule is CCN1CCN(C(=O)CCCl)CC1C. The molecule has 1 fully saturated rings. The number of halogens is 1. The quantitative estimate of drug-likeness (QED) is 0.664. The Hall–Kier alpha value is -0.280. The van der Waals surface area contributed by atoms with E-state index in [-0.39, 0.29) is 5.91 Å². The standard InChI is InChI=1S/C10H19ClN2O/c1-3-12-6-7-13(8-9(12)2)10(14)4-5-11/h9H,3-8H2,1-2H3.